The van der Waals surface area contributed by atoms with Gasteiger partial charge in [-0.2, -0.15) is 4.42 Å². The summed E-state index contributed by atoms with van der Waals surface area (Å²) >= 11 is 5.51. The van der Waals surface area contributed by atoms with Gasteiger partial charge in [-0.15, -0.1) is 0 Å². The number of carbonyl (C=O) groups excluding carboxylic acids is 2. The van der Waals surface area contributed by atoms with Crippen molar-refractivity contribution in [3.63, 3.8) is 0 Å². The van der Waals surface area contributed by atoms with E-state index in [2.05, 4.69) is 0 Å². The van der Waals surface area contributed by atoms with Crippen molar-refractivity contribution in [1.82, 2.24) is 4.42 Å². The smallest absolute Gasteiger partial charge is 0.247 e. The number of halogens is 1. The molecule has 78 valence electrons. The number of hydrogen-bond donors (Lipinski definition) is 0. The fraction of sp³-hybridized carbons (Fsp3) is 0.273. The maximum atomic E-state index is 11.5. The number of amides is 2. The maximum absolute atomic E-state index is 11.5. The fourth-order valence-corrected chi connectivity index (χ4v) is 1.93. The van der Waals surface area contributed by atoms with Crippen LogP contribution in [0.1, 0.15) is 12.0 Å². The Balaban J connectivity index is 2.09. The molecule has 1 aromatic rings. The van der Waals surface area contributed by atoms with Crippen molar-refractivity contribution >= 4 is 23.6 Å². The van der Waals surface area contributed by atoms with Crippen molar-refractivity contribution in [3.8, 4) is 0 Å². The Bertz CT molecular complexity index is 391. The van der Waals surface area contributed by atoms with Gasteiger partial charge in [0.05, 0.1) is 5.92 Å². The monoisotopic (exact) mass is 223 g/mol. The van der Waals surface area contributed by atoms with Gasteiger partial charge < -0.3 is 0 Å². The van der Waals surface area contributed by atoms with Crippen LogP contribution in [-0.2, 0) is 16.0 Å². The molecule has 2 amide bonds. The first kappa shape index (κ1) is 10.2. The Labute approximate surface area is 92.7 Å². The second-order valence-corrected chi connectivity index (χ2v) is 3.94. The van der Waals surface area contributed by atoms with E-state index >= 15 is 0 Å². The highest BCUT2D eigenvalue weighted by atomic mass is 35.5. The van der Waals surface area contributed by atoms with Crippen molar-refractivity contribution in [3.05, 3.63) is 35.9 Å². The van der Waals surface area contributed by atoms with Gasteiger partial charge in [-0.05, 0) is 12.0 Å². The summed E-state index contributed by atoms with van der Waals surface area (Å²) in [7, 11) is 0. The van der Waals surface area contributed by atoms with E-state index in [4.69, 9.17) is 11.8 Å². The van der Waals surface area contributed by atoms with Crippen molar-refractivity contribution in [2.24, 2.45) is 5.92 Å². The molecule has 4 heteroatoms. The van der Waals surface area contributed by atoms with Crippen molar-refractivity contribution < 1.29 is 9.59 Å². The van der Waals surface area contributed by atoms with Crippen molar-refractivity contribution in [2.75, 3.05) is 0 Å². The molecular weight excluding hydrogens is 214 g/mol. The number of rotatable bonds is 2. The SMILES string of the molecule is O=C1CC(Cc2ccccc2)C(=O)N1Cl. The standard InChI is InChI=1S/C11H10ClNO2/c12-13-10(14)7-9(11(13)15)6-8-4-2-1-3-5-8/h1-5,9H,6-7H2. The fourth-order valence-electron chi connectivity index (χ4n) is 1.72. The van der Waals surface area contributed by atoms with E-state index in [1.54, 1.807) is 0 Å². The predicted octanol–water partition coefficient (Wildman–Crippen LogP) is 1.76. The van der Waals surface area contributed by atoms with Crippen LogP contribution in [0.5, 0.6) is 0 Å². The summed E-state index contributed by atoms with van der Waals surface area (Å²) in [6.07, 6.45) is 0.797. The molecule has 3 nitrogen and oxygen atoms in total. The first-order valence-electron chi connectivity index (χ1n) is 4.75. The average Bonchev–Trinajstić information content (AvgIpc) is 2.48. The molecule has 1 saturated heterocycles. The van der Waals surface area contributed by atoms with Crippen molar-refractivity contribution in [1.29, 1.82) is 0 Å². The molecule has 1 unspecified atom stereocenters. The van der Waals surface area contributed by atoms with Crippen LogP contribution in [0.25, 0.3) is 0 Å². The first-order valence-corrected chi connectivity index (χ1v) is 5.09. The van der Waals surface area contributed by atoms with E-state index in [0.717, 1.165) is 5.56 Å². The van der Waals surface area contributed by atoms with Gasteiger partial charge in [0.25, 0.3) is 0 Å². The van der Waals surface area contributed by atoms with Crippen molar-refractivity contribution in [2.45, 2.75) is 12.8 Å². The van der Waals surface area contributed by atoms with Gasteiger partial charge in [0.2, 0.25) is 11.8 Å². The molecule has 0 saturated carbocycles. The molecule has 2 rings (SSSR count). The van der Waals surface area contributed by atoms with Crippen LogP contribution in [0.4, 0.5) is 0 Å². The zero-order chi connectivity index (χ0) is 10.8. The Hall–Kier alpha value is -1.35. The lowest BCUT2D eigenvalue weighted by Crippen LogP contribution is -2.21. The quantitative estimate of drug-likeness (QED) is 0.566. The molecule has 1 aliphatic heterocycles. The lowest BCUT2D eigenvalue weighted by atomic mass is 9.98. The minimum Gasteiger partial charge on any atom is -0.273 e. The molecule has 0 bridgehead atoms. The minimum atomic E-state index is -0.303. The van der Waals surface area contributed by atoms with Gasteiger partial charge in [0, 0.05) is 18.2 Å². The number of hydrogen-bond acceptors (Lipinski definition) is 2. The van der Waals surface area contributed by atoms with Crippen LogP contribution in [0.3, 0.4) is 0 Å². The lowest BCUT2D eigenvalue weighted by molar-refractivity contribution is -0.133. The third-order valence-electron chi connectivity index (χ3n) is 2.51. The molecule has 0 N–H and O–H groups in total. The predicted molar refractivity (Wildman–Crippen MR) is 56.0 cm³/mol. The largest absolute Gasteiger partial charge is 0.273 e. The topological polar surface area (TPSA) is 37.4 Å². The van der Waals surface area contributed by atoms with Gasteiger partial charge in [0.15, 0.2) is 0 Å². The number of nitrogens with zero attached hydrogens (tertiary/aromatic N) is 1. The zero-order valence-corrected chi connectivity index (χ0v) is 8.78. The second-order valence-electron chi connectivity index (χ2n) is 3.60. The normalized spacial score (nSPS) is 21.1. The van der Waals surface area contributed by atoms with Gasteiger partial charge in [-0.3, -0.25) is 9.59 Å². The lowest BCUT2D eigenvalue weighted by Gasteiger charge is -2.06. The van der Waals surface area contributed by atoms with Gasteiger partial charge >= 0.3 is 0 Å². The summed E-state index contributed by atoms with van der Waals surface area (Å²) in [5.41, 5.74) is 1.05. The second kappa shape index (κ2) is 4.03. The number of imide groups is 1. The highest BCUT2D eigenvalue weighted by Crippen LogP contribution is 2.24. The van der Waals surface area contributed by atoms with E-state index in [9.17, 15) is 9.59 Å². The molecule has 1 aromatic carbocycles. The Kier molecular flexibility index (Phi) is 2.73. The Morgan fingerprint density at radius 2 is 1.93 bits per heavy atom. The third kappa shape index (κ3) is 2.02. The number of carbonyl (C=O) groups is 2. The molecule has 1 atom stereocenters. The highest BCUT2D eigenvalue weighted by Gasteiger charge is 2.37. The van der Waals surface area contributed by atoms with E-state index in [0.29, 0.717) is 10.8 Å². The molecule has 1 heterocycles. The third-order valence-corrected chi connectivity index (χ3v) is 2.86. The van der Waals surface area contributed by atoms with E-state index < -0.39 is 0 Å². The molecule has 15 heavy (non-hydrogen) atoms. The Morgan fingerprint density at radius 1 is 1.27 bits per heavy atom. The maximum Gasteiger partial charge on any atom is 0.247 e. The molecular formula is C11H10ClNO2. The minimum absolute atomic E-state index is 0.219. The molecule has 0 spiro atoms. The molecule has 1 fully saturated rings. The van der Waals surface area contributed by atoms with Gasteiger partial charge in [0.1, 0.15) is 0 Å². The van der Waals surface area contributed by atoms with Crippen LogP contribution < -0.4 is 0 Å². The zero-order valence-electron chi connectivity index (χ0n) is 8.02. The van der Waals surface area contributed by atoms with Crippen LogP contribution >= 0.6 is 11.8 Å². The highest BCUT2D eigenvalue weighted by molar-refractivity contribution is 6.32. The molecule has 1 aliphatic rings. The van der Waals surface area contributed by atoms with Crippen LogP contribution in [0.15, 0.2) is 30.3 Å². The van der Waals surface area contributed by atoms with Crippen LogP contribution in [0.2, 0.25) is 0 Å². The van der Waals surface area contributed by atoms with E-state index in [-0.39, 0.29) is 24.2 Å². The summed E-state index contributed by atoms with van der Waals surface area (Å²) in [6, 6.07) is 9.62. The summed E-state index contributed by atoms with van der Waals surface area (Å²) in [4.78, 5) is 22.7. The van der Waals surface area contributed by atoms with E-state index in [1.807, 2.05) is 30.3 Å². The van der Waals surface area contributed by atoms with E-state index in [1.165, 1.54) is 0 Å². The molecule has 0 aromatic heterocycles. The first-order chi connectivity index (χ1) is 7.18. The molecule has 0 radical (unpaired) electrons. The van der Waals surface area contributed by atoms with Crippen LogP contribution in [0, 0.1) is 5.92 Å². The summed E-state index contributed by atoms with van der Waals surface area (Å²) in [6.45, 7) is 0. The summed E-state index contributed by atoms with van der Waals surface area (Å²) in [5.74, 6) is -0.884. The average molecular weight is 224 g/mol. The number of benzene rings is 1. The molecule has 0 aliphatic carbocycles. The summed E-state index contributed by atoms with van der Waals surface area (Å²) in [5, 5.41) is 0. The Morgan fingerprint density at radius 3 is 2.47 bits per heavy atom. The van der Waals surface area contributed by atoms with Gasteiger partial charge in [-0.1, -0.05) is 30.3 Å². The van der Waals surface area contributed by atoms with Gasteiger partial charge in [-0.25, -0.2) is 0 Å². The summed E-state index contributed by atoms with van der Waals surface area (Å²) < 4.78 is 0.702. The van der Waals surface area contributed by atoms with Crippen LogP contribution in [-0.4, -0.2) is 16.2 Å².